The van der Waals surface area contributed by atoms with Gasteiger partial charge in [0.1, 0.15) is 5.84 Å². The second kappa shape index (κ2) is 2.59. The molecular formula is C8H6F4N2. The molecule has 2 nitrogen and oxygen atoms in total. The first-order valence-electron chi connectivity index (χ1n) is 3.90. The number of fused-ring (bicyclic) bond motifs is 1. The van der Waals surface area contributed by atoms with Crippen LogP contribution in [0.3, 0.4) is 0 Å². The third-order valence-electron chi connectivity index (χ3n) is 2.14. The van der Waals surface area contributed by atoms with Gasteiger partial charge in [-0.25, -0.2) is 4.39 Å². The van der Waals surface area contributed by atoms with Crippen molar-refractivity contribution in [2.24, 2.45) is 4.99 Å². The molecule has 0 radical (unpaired) electrons. The molecule has 0 aliphatic carbocycles. The molecule has 2 aliphatic heterocycles. The Morgan fingerprint density at radius 3 is 2.79 bits per heavy atom. The summed E-state index contributed by atoms with van der Waals surface area (Å²) in [6.07, 6.45) is -2.42. The van der Waals surface area contributed by atoms with Crippen molar-refractivity contribution in [1.82, 2.24) is 5.32 Å². The van der Waals surface area contributed by atoms with E-state index in [1.807, 2.05) is 0 Å². The number of alkyl halides is 4. The van der Waals surface area contributed by atoms with Crippen LogP contribution >= 0.6 is 0 Å². The number of nitrogens with zero attached hydrogens (tertiary/aromatic N) is 1. The number of nitrogens with one attached hydrogen (secondary N) is 1. The van der Waals surface area contributed by atoms with Crippen molar-refractivity contribution in [3.63, 3.8) is 0 Å². The van der Waals surface area contributed by atoms with Crippen molar-refractivity contribution in [3.8, 4) is 0 Å². The van der Waals surface area contributed by atoms with Crippen LogP contribution in [-0.2, 0) is 0 Å². The number of rotatable bonds is 0. The smallest absolute Gasteiger partial charge is 0.347 e. The number of hydrogen-bond donors (Lipinski definition) is 1. The lowest BCUT2D eigenvalue weighted by molar-refractivity contribution is -0.197. The second-order valence-electron chi connectivity index (χ2n) is 2.99. The van der Waals surface area contributed by atoms with E-state index in [0.717, 1.165) is 12.3 Å². The Morgan fingerprint density at radius 1 is 1.43 bits per heavy atom. The van der Waals surface area contributed by atoms with Crippen molar-refractivity contribution in [2.45, 2.75) is 11.8 Å². The first-order valence-corrected chi connectivity index (χ1v) is 3.90. The van der Waals surface area contributed by atoms with E-state index in [1.165, 1.54) is 0 Å². The van der Waals surface area contributed by atoms with Gasteiger partial charge in [0.15, 0.2) is 0 Å². The zero-order valence-electron chi connectivity index (χ0n) is 6.90. The van der Waals surface area contributed by atoms with Gasteiger partial charge in [0.05, 0.1) is 6.54 Å². The molecule has 2 aliphatic rings. The second-order valence-corrected chi connectivity index (χ2v) is 2.99. The topological polar surface area (TPSA) is 24.4 Å². The van der Waals surface area contributed by atoms with Gasteiger partial charge in [-0.1, -0.05) is 6.08 Å². The van der Waals surface area contributed by atoms with Crippen LogP contribution in [0.4, 0.5) is 17.6 Å². The molecule has 6 heteroatoms. The first kappa shape index (κ1) is 9.23. The minimum Gasteiger partial charge on any atom is -0.347 e. The van der Waals surface area contributed by atoms with Crippen LogP contribution < -0.4 is 5.32 Å². The van der Waals surface area contributed by atoms with E-state index in [1.54, 1.807) is 0 Å². The largest absolute Gasteiger partial charge is 0.430 e. The molecule has 0 aromatic heterocycles. The summed E-state index contributed by atoms with van der Waals surface area (Å²) in [5.74, 6) is -0.0349. The molecule has 1 unspecified atom stereocenters. The van der Waals surface area contributed by atoms with Crippen molar-refractivity contribution >= 4 is 5.84 Å². The maximum absolute atomic E-state index is 13.6. The van der Waals surface area contributed by atoms with Crippen LogP contribution in [0.2, 0.25) is 0 Å². The lowest BCUT2D eigenvalue weighted by atomic mass is 9.92. The summed E-state index contributed by atoms with van der Waals surface area (Å²) in [5.41, 5.74) is -3.83. The maximum atomic E-state index is 13.6. The van der Waals surface area contributed by atoms with Gasteiger partial charge >= 0.3 is 6.18 Å². The molecular weight excluding hydrogens is 200 g/mol. The fourth-order valence-corrected chi connectivity index (χ4v) is 1.43. The molecule has 0 spiro atoms. The van der Waals surface area contributed by atoms with E-state index < -0.39 is 17.4 Å². The van der Waals surface area contributed by atoms with Crippen LogP contribution in [0.25, 0.3) is 0 Å². The number of hydrogen-bond acceptors (Lipinski definition) is 2. The van der Waals surface area contributed by atoms with Gasteiger partial charge in [-0.15, -0.1) is 0 Å². The van der Waals surface area contributed by atoms with Crippen molar-refractivity contribution in [1.29, 1.82) is 0 Å². The SMILES string of the molecule is FC(F)(F)C1(F)C=CNC2=NCC=C21. The molecule has 0 saturated heterocycles. The van der Waals surface area contributed by atoms with Gasteiger partial charge in [0.25, 0.3) is 5.67 Å². The van der Waals surface area contributed by atoms with Crippen LogP contribution in [0, 0.1) is 0 Å². The maximum Gasteiger partial charge on any atom is 0.430 e. The van der Waals surface area contributed by atoms with Gasteiger partial charge in [0.2, 0.25) is 0 Å². The summed E-state index contributed by atoms with van der Waals surface area (Å²) in [6, 6.07) is 0. The molecule has 76 valence electrons. The first-order chi connectivity index (χ1) is 6.45. The molecule has 1 atom stereocenters. The minimum atomic E-state index is -4.94. The Hall–Kier alpha value is -1.33. The van der Waals surface area contributed by atoms with Crippen LogP contribution in [0.15, 0.2) is 28.9 Å². The molecule has 2 heterocycles. The summed E-state index contributed by atoms with van der Waals surface area (Å²) in [5, 5.41) is 2.47. The number of halogens is 4. The quantitative estimate of drug-likeness (QED) is 0.599. The highest BCUT2D eigenvalue weighted by Gasteiger charge is 2.59. The number of allylic oxidation sites excluding steroid dienone is 1. The Kier molecular flexibility index (Phi) is 1.71. The van der Waals surface area contributed by atoms with E-state index in [-0.39, 0.29) is 12.4 Å². The van der Waals surface area contributed by atoms with E-state index in [2.05, 4.69) is 10.3 Å². The summed E-state index contributed by atoms with van der Waals surface area (Å²) in [7, 11) is 0. The monoisotopic (exact) mass is 206 g/mol. The normalized spacial score (nSPS) is 30.6. The van der Waals surface area contributed by atoms with Crippen molar-refractivity contribution < 1.29 is 17.6 Å². The molecule has 0 fully saturated rings. The molecule has 14 heavy (non-hydrogen) atoms. The Morgan fingerprint density at radius 2 is 2.14 bits per heavy atom. The van der Waals surface area contributed by atoms with E-state index in [9.17, 15) is 17.6 Å². The predicted molar refractivity (Wildman–Crippen MR) is 42.6 cm³/mol. The molecule has 0 amide bonds. The molecule has 0 aromatic carbocycles. The zero-order valence-corrected chi connectivity index (χ0v) is 6.90. The highest BCUT2D eigenvalue weighted by Crippen LogP contribution is 2.43. The van der Waals surface area contributed by atoms with E-state index >= 15 is 0 Å². The average molecular weight is 206 g/mol. The standard InChI is InChI=1S/C8H6F4N2/c9-7(8(10,11)12)2-4-14-6-5(7)1-3-13-6/h1-2,4H,3H2,(H,13,14). The number of amidine groups is 1. The third kappa shape index (κ3) is 1.06. The highest BCUT2D eigenvalue weighted by atomic mass is 19.4. The van der Waals surface area contributed by atoms with Gasteiger partial charge in [-0.05, 0) is 6.08 Å². The molecule has 1 N–H and O–H groups in total. The minimum absolute atomic E-state index is 0.0349. The van der Waals surface area contributed by atoms with Crippen LogP contribution in [-0.4, -0.2) is 24.2 Å². The predicted octanol–water partition coefficient (Wildman–Crippen LogP) is 1.71. The molecule has 0 bridgehead atoms. The molecule has 0 aromatic rings. The van der Waals surface area contributed by atoms with E-state index in [0.29, 0.717) is 6.08 Å². The van der Waals surface area contributed by atoms with Gasteiger partial charge in [-0.3, -0.25) is 4.99 Å². The van der Waals surface area contributed by atoms with E-state index in [4.69, 9.17) is 0 Å². The number of aliphatic imine (C=N–C) groups is 1. The van der Waals surface area contributed by atoms with Gasteiger partial charge in [0, 0.05) is 11.8 Å². The Balaban J connectivity index is 2.50. The Labute approximate surface area is 77.0 Å². The molecule has 2 rings (SSSR count). The van der Waals surface area contributed by atoms with Gasteiger partial charge in [-0.2, -0.15) is 13.2 Å². The fourth-order valence-electron chi connectivity index (χ4n) is 1.43. The van der Waals surface area contributed by atoms with Gasteiger partial charge < -0.3 is 5.32 Å². The fraction of sp³-hybridized carbons (Fsp3) is 0.375. The van der Waals surface area contributed by atoms with Crippen LogP contribution in [0.5, 0.6) is 0 Å². The van der Waals surface area contributed by atoms with Crippen molar-refractivity contribution in [3.05, 3.63) is 23.9 Å². The summed E-state index contributed by atoms with van der Waals surface area (Å²) >= 11 is 0. The molecule has 0 saturated carbocycles. The van der Waals surface area contributed by atoms with Crippen molar-refractivity contribution in [2.75, 3.05) is 6.54 Å². The lowest BCUT2D eigenvalue weighted by Crippen LogP contribution is -2.47. The lowest BCUT2D eigenvalue weighted by Gasteiger charge is -2.29. The summed E-state index contributed by atoms with van der Waals surface area (Å²) < 4.78 is 50.9. The van der Waals surface area contributed by atoms with Crippen LogP contribution in [0.1, 0.15) is 0 Å². The Bertz CT molecular complexity index is 353. The summed E-state index contributed by atoms with van der Waals surface area (Å²) in [4.78, 5) is 3.69. The average Bonchev–Trinajstić information content (AvgIpc) is 2.51. The summed E-state index contributed by atoms with van der Waals surface area (Å²) in [6.45, 7) is 0.0844. The third-order valence-corrected chi connectivity index (χ3v) is 2.14. The zero-order chi connectivity index (χ0) is 10.4. The highest BCUT2D eigenvalue weighted by molar-refractivity contribution is 6.04.